The van der Waals surface area contributed by atoms with Gasteiger partial charge in [0.2, 0.25) is 6.29 Å². The third-order valence-corrected chi connectivity index (χ3v) is 5.55. The number of hydrogen-bond acceptors (Lipinski definition) is 7. The average molecular weight is 414 g/mol. The van der Waals surface area contributed by atoms with Crippen molar-refractivity contribution >= 4 is 17.2 Å². The molecule has 0 aliphatic carbocycles. The maximum absolute atomic E-state index is 13.0. The summed E-state index contributed by atoms with van der Waals surface area (Å²) in [5.74, 6) is 0.0262. The molecule has 3 unspecified atom stereocenters. The zero-order valence-corrected chi connectivity index (χ0v) is 17.8. The van der Waals surface area contributed by atoms with E-state index in [1.807, 2.05) is 18.4 Å². The Morgan fingerprint density at radius 2 is 2.14 bits per heavy atom. The summed E-state index contributed by atoms with van der Waals surface area (Å²) in [6.07, 6.45) is 2.22. The van der Waals surface area contributed by atoms with Gasteiger partial charge in [-0.2, -0.15) is 11.3 Å². The van der Waals surface area contributed by atoms with E-state index in [9.17, 15) is 9.90 Å². The molecule has 0 bridgehead atoms. The number of nitrogens with zero attached hydrogens (tertiary/aromatic N) is 1. The number of carbonyl (C=O) groups is 1. The number of ether oxygens (including phenoxy) is 4. The minimum atomic E-state index is -0.542. The van der Waals surface area contributed by atoms with Gasteiger partial charge in [-0.3, -0.25) is 4.79 Å². The summed E-state index contributed by atoms with van der Waals surface area (Å²) < 4.78 is 22.2. The van der Waals surface area contributed by atoms with Crippen LogP contribution in [0.5, 0.6) is 0 Å². The monoisotopic (exact) mass is 413 g/mol. The summed E-state index contributed by atoms with van der Waals surface area (Å²) >= 11 is 1.62. The minimum Gasteiger partial charge on any atom is -0.459 e. The Morgan fingerprint density at radius 1 is 1.39 bits per heavy atom. The van der Waals surface area contributed by atoms with Gasteiger partial charge >= 0.3 is 0 Å². The quantitative estimate of drug-likeness (QED) is 0.562. The number of methoxy groups -OCH3 is 2. The van der Waals surface area contributed by atoms with Gasteiger partial charge in [0.15, 0.2) is 12.0 Å². The predicted molar refractivity (Wildman–Crippen MR) is 107 cm³/mol. The average Bonchev–Trinajstić information content (AvgIpc) is 3.24. The summed E-state index contributed by atoms with van der Waals surface area (Å²) in [7, 11) is 4.75. The molecule has 3 atom stereocenters. The first kappa shape index (κ1) is 22.8. The molecule has 0 saturated heterocycles. The van der Waals surface area contributed by atoms with E-state index in [-0.39, 0.29) is 36.7 Å². The van der Waals surface area contributed by atoms with Crippen LogP contribution in [0, 0.1) is 5.92 Å². The lowest BCUT2D eigenvalue weighted by Crippen LogP contribution is -2.41. The lowest BCUT2D eigenvalue weighted by atomic mass is 9.81. The number of carbonyl (C=O) groups excluding carboxylic acids is 1. The van der Waals surface area contributed by atoms with Crippen molar-refractivity contribution in [2.24, 2.45) is 5.92 Å². The second kappa shape index (κ2) is 11.5. The van der Waals surface area contributed by atoms with Gasteiger partial charge in [0, 0.05) is 46.3 Å². The number of thiophene rings is 1. The van der Waals surface area contributed by atoms with Crippen molar-refractivity contribution in [3.05, 3.63) is 34.2 Å². The number of aliphatic hydroxyl groups excluding tert-OH is 1. The number of likely N-dealkylation sites (N-methyl/N-ethyl adjacent to an activating group) is 1. The Morgan fingerprint density at radius 3 is 2.71 bits per heavy atom. The molecule has 1 aliphatic rings. The van der Waals surface area contributed by atoms with Crippen LogP contribution in [0.4, 0.5) is 0 Å². The zero-order valence-electron chi connectivity index (χ0n) is 17.0. The maximum Gasteiger partial charge on any atom is 0.288 e. The van der Waals surface area contributed by atoms with Crippen LogP contribution >= 0.6 is 11.3 Å². The first-order valence-corrected chi connectivity index (χ1v) is 10.4. The molecule has 1 aromatic rings. The van der Waals surface area contributed by atoms with Crippen LogP contribution in [0.15, 0.2) is 28.7 Å². The van der Waals surface area contributed by atoms with Crippen molar-refractivity contribution < 1.29 is 28.8 Å². The molecule has 0 aromatic carbocycles. The second-order valence-electron chi connectivity index (χ2n) is 6.67. The first-order chi connectivity index (χ1) is 13.5. The Balaban J connectivity index is 2.28. The Kier molecular flexibility index (Phi) is 9.40. The van der Waals surface area contributed by atoms with Crippen molar-refractivity contribution in [1.82, 2.24) is 4.90 Å². The second-order valence-corrected chi connectivity index (χ2v) is 7.45. The summed E-state index contributed by atoms with van der Waals surface area (Å²) in [5.41, 5.74) is 1.13. The van der Waals surface area contributed by atoms with Crippen molar-refractivity contribution in [3.63, 3.8) is 0 Å². The van der Waals surface area contributed by atoms with Crippen LogP contribution < -0.4 is 0 Å². The van der Waals surface area contributed by atoms with Gasteiger partial charge in [-0.25, -0.2) is 0 Å². The molecular formula is C20H31NO6S. The molecular weight excluding hydrogens is 382 g/mol. The van der Waals surface area contributed by atoms with Gasteiger partial charge in [0.05, 0.1) is 6.54 Å². The summed E-state index contributed by atoms with van der Waals surface area (Å²) in [5, 5.41) is 13.4. The van der Waals surface area contributed by atoms with E-state index < -0.39 is 12.6 Å². The van der Waals surface area contributed by atoms with E-state index in [0.717, 1.165) is 12.0 Å². The molecule has 7 nitrogen and oxygen atoms in total. The molecule has 0 saturated carbocycles. The number of amides is 1. The SMILES string of the molecule is CCOC1OC(C(=O)N(C)CC(OC)OC)=CC(c2ccsc2)C1CCCO. The number of hydrogen-bond donors (Lipinski definition) is 1. The van der Waals surface area contributed by atoms with Gasteiger partial charge in [0.1, 0.15) is 0 Å². The molecule has 0 radical (unpaired) electrons. The molecule has 2 heterocycles. The third kappa shape index (κ3) is 5.78. The van der Waals surface area contributed by atoms with E-state index >= 15 is 0 Å². The predicted octanol–water partition coefficient (Wildman–Crippen LogP) is 2.57. The van der Waals surface area contributed by atoms with Crippen molar-refractivity contribution in [2.45, 2.75) is 38.3 Å². The van der Waals surface area contributed by atoms with Crippen molar-refractivity contribution in [1.29, 1.82) is 0 Å². The summed E-state index contributed by atoms with van der Waals surface area (Å²) in [6, 6.07) is 2.06. The van der Waals surface area contributed by atoms with E-state index in [4.69, 9.17) is 18.9 Å². The van der Waals surface area contributed by atoms with Crippen LogP contribution in [0.1, 0.15) is 31.2 Å². The molecule has 1 aromatic heterocycles. The fraction of sp³-hybridized carbons (Fsp3) is 0.650. The summed E-state index contributed by atoms with van der Waals surface area (Å²) in [4.78, 5) is 14.5. The van der Waals surface area contributed by atoms with Gasteiger partial charge < -0.3 is 29.0 Å². The molecule has 1 aliphatic heterocycles. The lowest BCUT2D eigenvalue weighted by molar-refractivity contribution is -0.172. The number of allylic oxidation sites excluding steroid dienone is 1. The van der Waals surface area contributed by atoms with Gasteiger partial charge in [-0.1, -0.05) is 0 Å². The van der Waals surface area contributed by atoms with E-state index in [1.165, 1.54) is 19.1 Å². The lowest BCUT2D eigenvalue weighted by Gasteiger charge is -2.37. The molecule has 28 heavy (non-hydrogen) atoms. The molecule has 0 spiro atoms. The molecule has 158 valence electrons. The maximum atomic E-state index is 13.0. The van der Waals surface area contributed by atoms with Gasteiger partial charge in [-0.05, 0) is 48.2 Å². The Bertz CT molecular complexity index is 616. The van der Waals surface area contributed by atoms with Gasteiger partial charge in [0.25, 0.3) is 5.91 Å². The highest BCUT2D eigenvalue weighted by Crippen LogP contribution is 2.40. The molecule has 1 amide bonds. The summed E-state index contributed by atoms with van der Waals surface area (Å²) in [6.45, 7) is 2.77. The van der Waals surface area contributed by atoms with Crippen LogP contribution in [0.25, 0.3) is 0 Å². The van der Waals surface area contributed by atoms with Crippen LogP contribution in [-0.4, -0.2) is 69.5 Å². The topological polar surface area (TPSA) is 77.5 Å². The van der Waals surface area contributed by atoms with Gasteiger partial charge in [-0.15, -0.1) is 0 Å². The van der Waals surface area contributed by atoms with Crippen molar-refractivity contribution in [3.8, 4) is 0 Å². The highest BCUT2D eigenvalue weighted by Gasteiger charge is 2.38. The van der Waals surface area contributed by atoms with E-state index in [1.54, 1.807) is 18.4 Å². The molecule has 1 N–H and O–H groups in total. The number of aliphatic hydroxyl groups is 1. The van der Waals surface area contributed by atoms with E-state index in [0.29, 0.717) is 13.0 Å². The zero-order chi connectivity index (χ0) is 20.5. The van der Waals surface area contributed by atoms with Crippen LogP contribution in [0.3, 0.4) is 0 Å². The van der Waals surface area contributed by atoms with E-state index in [2.05, 4.69) is 11.4 Å². The van der Waals surface area contributed by atoms with Crippen LogP contribution in [-0.2, 0) is 23.7 Å². The Labute approximate surface area is 170 Å². The molecule has 2 rings (SSSR count). The largest absolute Gasteiger partial charge is 0.459 e. The fourth-order valence-corrected chi connectivity index (χ4v) is 4.05. The minimum absolute atomic E-state index is 0.0175. The molecule has 0 fully saturated rings. The highest BCUT2D eigenvalue weighted by molar-refractivity contribution is 7.08. The smallest absolute Gasteiger partial charge is 0.288 e. The van der Waals surface area contributed by atoms with Crippen LogP contribution in [0.2, 0.25) is 0 Å². The normalized spacial score (nSPS) is 22.1. The third-order valence-electron chi connectivity index (χ3n) is 4.85. The van der Waals surface area contributed by atoms with Crippen molar-refractivity contribution in [2.75, 3.05) is 41.0 Å². The Hall–Kier alpha value is -1.45. The fourth-order valence-electron chi connectivity index (χ4n) is 3.34. The number of rotatable bonds is 11. The highest BCUT2D eigenvalue weighted by atomic mass is 32.1. The standard InChI is InChI=1S/C20H31NO6S/c1-5-26-20-15(7-6-9-22)16(14-8-10-28-13-14)11-17(27-20)19(23)21(2)12-18(24-3)25-4/h8,10-11,13,15-16,18,20,22H,5-7,9,12H2,1-4H3. The first-order valence-electron chi connectivity index (χ1n) is 9.49. The molecule has 8 heteroatoms.